The van der Waals surface area contributed by atoms with E-state index in [1.54, 1.807) is 0 Å². The summed E-state index contributed by atoms with van der Waals surface area (Å²) in [5, 5.41) is 3.45. The smallest absolute Gasteiger partial charge is 0.306 e. The minimum atomic E-state index is -3.47. The number of esters is 1. The van der Waals surface area contributed by atoms with Crippen molar-refractivity contribution in [2.45, 2.75) is 50.2 Å². The molecule has 2 saturated heterocycles. The first-order valence-corrected chi connectivity index (χ1v) is 17.0. The van der Waals surface area contributed by atoms with E-state index in [1.165, 1.54) is 11.8 Å². The van der Waals surface area contributed by atoms with Gasteiger partial charge in [-0.2, -0.15) is 12.3 Å². The first kappa shape index (κ1) is 29.8. The number of hydrogen-bond donors (Lipinski definition) is 1. The highest BCUT2D eigenvalue weighted by atomic mass is 32.2. The molecule has 1 N–H and O–H groups in total. The predicted octanol–water partition coefficient (Wildman–Crippen LogP) is 4.59. The number of nitrogens with zero attached hydrogens (tertiary/aromatic N) is 1. The fourth-order valence-corrected chi connectivity index (χ4v) is 8.52. The maximum absolute atomic E-state index is 13.6. The zero-order valence-electron chi connectivity index (χ0n) is 25.0. The number of nitrogens with one attached hydrogen (secondary N) is 1. The molecule has 0 amide bonds. The van der Waals surface area contributed by atoms with Crippen LogP contribution in [0.25, 0.3) is 0 Å². The third-order valence-corrected chi connectivity index (χ3v) is 11.3. The van der Waals surface area contributed by atoms with E-state index < -0.39 is 10.0 Å². The molecule has 3 aromatic rings. The molecule has 1 atom stereocenters. The summed E-state index contributed by atoms with van der Waals surface area (Å²) in [6.07, 6.45) is 3.57. The Kier molecular flexibility index (Phi) is 8.10. The number of quaternary nitrogens is 1. The van der Waals surface area contributed by atoms with Gasteiger partial charge in [-0.1, -0.05) is 54.6 Å². The number of ether oxygens (including phenoxy) is 3. The largest absolute Gasteiger partial charge is 0.489 e. The molecule has 0 aromatic heterocycles. The minimum Gasteiger partial charge on any atom is -0.489 e. The molecule has 9 heteroatoms. The second-order valence-electron chi connectivity index (χ2n) is 12.4. The van der Waals surface area contributed by atoms with Gasteiger partial charge in [-0.25, -0.2) is 0 Å². The molecule has 3 heterocycles. The van der Waals surface area contributed by atoms with E-state index in [0.717, 1.165) is 54.1 Å². The number of hydrogen-bond acceptors (Lipinski definition) is 7. The molecular weight excluding hydrogens is 564 g/mol. The normalized spacial score (nSPS) is 22.0. The molecule has 228 valence electrons. The number of para-hydroxylation sites is 1. The van der Waals surface area contributed by atoms with Crippen LogP contribution in [-0.4, -0.2) is 60.1 Å². The fraction of sp³-hybridized carbons (Fsp3) is 0.441. The number of piperidine rings is 1. The monoisotopic (exact) mass is 605 g/mol. The Morgan fingerprint density at radius 1 is 0.953 bits per heavy atom. The van der Waals surface area contributed by atoms with Crippen LogP contribution in [0.5, 0.6) is 5.75 Å². The van der Waals surface area contributed by atoms with E-state index in [-0.39, 0.29) is 20.7 Å². The number of fused-ring (bicyclic) bond motifs is 2. The fourth-order valence-electron chi connectivity index (χ4n) is 7.14. The molecule has 3 aromatic carbocycles. The van der Waals surface area contributed by atoms with Gasteiger partial charge in [0, 0.05) is 17.2 Å². The lowest BCUT2D eigenvalue weighted by molar-refractivity contribution is -0.151. The Bertz CT molecular complexity index is 1560. The number of sulfonamides is 1. The SMILES string of the molecule is CCOC(=O)CC1(c2ccc(OCc3ccc(C[N+]4(S(C)(=O)=O)CC5(CCNCC5)c5ccccc54)cc3)cc2)COC1. The molecule has 0 bridgehead atoms. The van der Waals surface area contributed by atoms with Crippen molar-refractivity contribution in [3.05, 3.63) is 95.1 Å². The van der Waals surface area contributed by atoms with E-state index in [9.17, 15) is 13.2 Å². The molecule has 43 heavy (non-hydrogen) atoms. The van der Waals surface area contributed by atoms with E-state index >= 15 is 0 Å². The van der Waals surface area contributed by atoms with E-state index in [1.807, 2.05) is 73.7 Å². The summed E-state index contributed by atoms with van der Waals surface area (Å²) in [5.74, 6) is 0.528. The summed E-state index contributed by atoms with van der Waals surface area (Å²) in [6.45, 7) is 6.34. The average molecular weight is 606 g/mol. The Hall–Kier alpha value is -3.24. The zero-order valence-corrected chi connectivity index (χ0v) is 25.8. The van der Waals surface area contributed by atoms with E-state index in [2.05, 4.69) is 11.4 Å². The second kappa shape index (κ2) is 11.7. The molecule has 0 saturated carbocycles. The Balaban J connectivity index is 1.14. The highest BCUT2D eigenvalue weighted by molar-refractivity contribution is 7.90. The van der Waals surface area contributed by atoms with Gasteiger partial charge in [0.25, 0.3) is 10.0 Å². The van der Waals surface area contributed by atoms with Crippen LogP contribution in [0, 0.1) is 0 Å². The maximum atomic E-state index is 13.6. The van der Waals surface area contributed by atoms with Crippen molar-refractivity contribution in [1.29, 1.82) is 0 Å². The molecule has 6 rings (SSSR count). The van der Waals surface area contributed by atoms with Crippen LogP contribution in [0.2, 0.25) is 0 Å². The topological polar surface area (TPSA) is 90.9 Å². The summed E-state index contributed by atoms with van der Waals surface area (Å²) in [5.41, 5.74) is 4.67. The number of rotatable bonds is 10. The highest BCUT2D eigenvalue weighted by Gasteiger charge is 2.58. The first-order chi connectivity index (χ1) is 20.7. The summed E-state index contributed by atoms with van der Waals surface area (Å²) in [4.78, 5) is 12.1. The van der Waals surface area contributed by atoms with Crippen molar-refractivity contribution < 1.29 is 27.4 Å². The first-order valence-electron chi connectivity index (χ1n) is 15.1. The van der Waals surface area contributed by atoms with Gasteiger partial charge in [-0.15, -0.1) is 0 Å². The molecule has 1 spiro atoms. The van der Waals surface area contributed by atoms with Crippen molar-refractivity contribution in [3.8, 4) is 5.75 Å². The quantitative estimate of drug-likeness (QED) is 0.267. The lowest BCUT2D eigenvalue weighted by atomic mass is 9.75. The van der Waals surface area contributed by atoms with Crippen LogP contribution >= 0.6 is 0 Å². The molecule has 3 aliphatic heterocycles. The zero-order chi connectivity index (χ0) is 30.1. The van der Waals surface area contributed by atoms with Crippen LogP contribution < -0.4 is 13.9 Å². The van der Waals surface area contributed by atoms with Gasteiger partial charge >= 0.3 is 5.97 Å². The maximum Gasteiger partial charge on any atom is 0.306 e. The number of carbonyl (C=O) groups is 1. The summed E-state index contributed by atoms with van der Waals surface area (Å²) < 4.78 is 43.8. The summed E-state index contributed by atoms with van der Waals surface area (Å²) in [6, 6.07) is 24.1. The lowest BCUT2D eigenvalue weighted by Crippen LogP contribution is -2.55. The van der Waals surface area contributed by atoms with Crippen LogP contribution in [0.1, 0.15) is 48.4 Å². The lowest BCUT2D eigenvalue weighted by Gasteiger charge is -2.41. The van der Waals surface area contributed by atoms with Gasteiger partial charge in [0.1, 0.15) is 25.4 Å². The average Bonchev–Trinajstić information content (AvgIpc) is 3.25. The number of carbonyl (C=O) groups excluding carboxylic acids is 1. The van der Waals surface area contributed by atoms with Crippen LogP contribution in [-0.2, 0) is 48.3 Å². The molecule has 8 nitrogen and oxygen atoms in total. The second-order valence-corrected chi connectivity index (χ2v) is 14.5. The van der Waals surface area contributed by atoms with Crippen molar-refractivity contribution in [1.82, 2.24) is 9.21 Å². The summed E-state index contributed by atoms with van der Waals surface area (Å²) >= 11 is 0. The molecule has 0 radical (unpaired) electrons. The van der Waals surface area contributed by atoms with E-state index in [0.29, 0.717) is 45.9 Å². The Labute approximate surface area is 254 Å². The Morgan fingerprint density at radius 3 is 2.26 bits per heavy atom. The van der Waals surface area contributed by atoms with Gasteiger partial charge in [-0.3, -0.25) is 4.79 Å². The molecule has 2 fully saturated rings. The van der Waals surface area contributed by atoms with Crippen molar-refractivity contribution in [3.63, 3.8) is 0 Å². The third kappa shape index (κ3) is 5.59. The highest BCUT2D eigenvalue weighted by Crippen LogP contribution is 2.52. The minimum absolute atomic E-state index is 0.0476. The Morgan fingerprint density at radius 2 is 1.63 bits per heavy atom. The van der Waals surface area contributed by atoms with Gasteiger partial charge in [0.2, 0.25) is 0 Å². The van der Waals surface area contributed by atoms with Gasteiger partial charge in [0.05, 0.1) is 43.3 Å². The van der Waals surface area contributed by atoms with Crippen molar-refractivity contribution >= 4 is 21.7 Å². The van der Waals surface area contributed by atoms with Gasteiger partial charge in [-0.05, 0) is 56.1 Å². The van der Waals surface area contributed by atoms with Crippen LogP contribution in [0.3, 0.4) is 0 Å². The molecule has 3 aliphatic rings. The molecule has 0 aliphatic carbocycles. The van der Waals surface area contributed by atoms with Gasteiger partial charge < -0.3 is 19.5 Å². The van der Waals surface area contributed by atoms with Crippen LogP contribution in [0.15, 0.2) is 72.8 Å². The molecule has 1 unspecified atom stereocenters. The third-order valence-electron chi connectivity index (χ3n) is 9.55. The van der Waals surface area contributed by atoms with E-state index in [4.69, 9.17) is 14.2 Å². The number of benzene rings is 3. The summed E-state index contributed by atoms with van der Waals surface area (Å²) in [7, 11) is -3.47. The molecular formula is C34H41N2O6S+. The predicted molar refractivity (Wildman–Crippen MR) is 166 cm³/mol. The van der Waals surface area contributed by atoms with Crippen LogP contribution in [0.4, 0.5) is 5.69 Å². The van der Waals surface area contributed by atoms with Crippen molar-refractivity contribution in [2.75, 3.05) is 45.7 Å². The van der Waals surface area contributed by atoms with Gasteiger partial charge in [0.15, 0.2) is 5.69 Å². The van der Waals surface area contributed by atoms with Crippen molar-refractivity contribution in [2.24, 2.45) is 0 Å². The standard InChI is InChI=1S/C34H41N2O6S/c1-3-41-32(37)20-34(24-40-25-34)28-12-14-29(15-13-28)42-22-27-10-8-26(9-11-27)21-36(43(2,38)39)23-33(16-18-35-19-17-33)30-6-4-5-7-31(30)36/h4-15,35H,3,16-25H2,1-2H3/q+1.